The predicted molar refractivity (Wildman–Crippen MR) is 91.4 cm³/mol. The minimum atomic E-state index is -4.70. The Morgan fingerprint density at radius 3 is 1.00 bits per heavy atom. The zero-order valence-corrected chi connectivity index (χ0v) is 15.3. The van der Waals surface area contributed by atoms with Crippen molar-refractivity contribution in [2.75, 3.05) is 52.4 Å². The second kappa shape index (κ2) is 13.3. The van der Waals surface area contributed by atoms with Crippen molar-refractivity contribution < 1.29 is 25.9 Å². The Kier molecular flexibility index (Phi) is 13.3. The Bertz CT molecular complexity index is 402. The fraction of sp³-hybridized carbons (Fsp3) is 1.00. The monoisotopic (exact) mass is 394 g/mol. The van der Waals surface area contributed by atoms with E-state index in [9.17, 15) is 16.8 Å². The second-order valence-corrected chi connectivity index (χ2v) is 10.6. The third-order valence-corrected chi connectivity index (χ3v) is 7.01. The summed E-state index contributed by atoms with van der Waals surface area (Å²) >= 11 is 0. The fourth-order valence-corrected chi connectivity index (χ4v) is 4.46. The lowest BCUT2D eigenvalue weighted by molar-refractivity contribution is 0.499. The van der Waals surface area contributed by atoms with Crippen molar-refractivity contribution in [2.24, 2.45) is 0 Å². The first-order chi connectivity index (χ1) is 10.7. The molecule has 0 aromatic carbocycles. The Morgan fingerprint density at radius 2 is 0.826 bits per heavy atom. The smallest absolute Gasteiger partial charge is 0.315 e. The van der Waals surface area contributed by atoms with Crippen LogP contribution in [0.25, 0.3) is 0 Å². The molecule has 0 amide bonds. The Labute approximate surface area is 140 Å². The van der Waals surface area contributed by atoms with E-state index >= 15 is 0 Å². The molecule has 1 aliphatic rings. The highest BCUT2D eigenvalue weighted by Crippen LogP contribution is 2.15. The molecule has 23 heavy (non-hydrogen) atoms. The van der Waals surface area contributed by atoms with E-state index in [1.807, 2.05) is 0 Å². The molecule has 1 heterocycles. The summed E-state index contributed by atoms with van der Waals surface area (Å²) in [5.41, 5.74) is 0. The van der Waals surface area contributed by atoms with Crippen LogP contribution in [0.15, 0.2) is 0 Å². The summed E-state index contributed by atoms with van der Waals surface area (Å²) in [6.07, 6.45) is 2.44. The molecule has 0 unspecified atom stereocenters. The molecule has 0 saturated carbocycles. The average molecular weight is 395 g/mol. The molecule has 0 spiro atoms. The average Bonchev–Trinajstić information content (AvgIpc) is 2.38. The largest absolute Gasteiger partial charge is 0.336 e. The van der Waals surface area contributed by atoms with E-state index in [1.165, 1.54) is 12.8 Å². The summed E-state index contributed by atoms with van der Waals surface area (Å²) in [4.78, 5) is 0. The maximum Gasteiger partial charge on any atom is 0.336 e. The number of hydrogen-bond acceptors (Lipinski definition) is 9. The van der Waals surface area contributed by atoms with Gasteiger partial charge < -0.3 is 21.3 Å². The number of rotatable bonds is 2. The maximum absolute atomic E-state index is 9.63. The van der Waals surface area contributed by atoms with Gasteiger partial charge in [-0.15, -0.1) is 0 Å². The van der Waals surface area contributed by atoms with Gasteiger partial charge in [-0.1, -0.05) is 0 Å². The first-order valence-electron chi connectivity index (χ1n) is 7.19. The summed E-state index contributed by atoms with van der Waals surface area (Å²) < 4.78 is 54.0. The molecular weight excluding hydrogens is 368 g/mol. The van der Waals surface area contributed by atoms with Gasteiger partial charge in [-0.2, -0.15) is 16.8 Å². The van der Waals surface area contributed by atoms with Crippen LogP contribution in [0, 0.1) is 0 Å². The molecule has 6 N–H and O–H groups in total. The summed E-state index contributed by atoms with van der Waals surface area (Å²) in [7, 11) is -10.3. The van der Waals surface area contributed by atoms with Crippen LogP contribution in [0.1, 0.15) is 12.8 Å². The third kappa shape index (κ3) is 22.0. The van der Waals surface area contributed by atoms with Crippen molar-refractivity contribution >= 4 is 28.1 Å². The molecule has 1 fully saturated rings. The molecule has 140 valence electrons. The second-order valence-electron chi connectivity index (χ2n) is 4.63. The third-order valence-electron chi connectivity index (χ3n) is 2.54. The highest BCUT2D eigenvalue weighted by Gasteiger charge is 2.17. The van der Waals surface area contributed by atoms with Crippen LogP contribution < -0.4 is 21.3 Å². The van der Waals surface area contributed by atoms with E-state index < -0.39 is 28.1 Å². The van der Waals surface area contributed by atoms with Crippen molar-refractivity contribution in [1.82, 2.24) is 21.3 Å². The standard InChI is InChI=1S/C10H24N4.H2O6S3/c1-3-11-7-9-13-5-2-6-14-10-8-12-4-1;1-8(2,3)7-9(4,5)6/h11-14H,1-10H2;(H,1,2,3)(H,4,5,6). The van der Waals surface area contributed by atoms with Crippen LogP contribution in [0.5, 0.6) is 0 Å². The molecule has 0 aromatic heterocycles. The molecule has 0 aliphatic carbocycles. The molecule has 1 saturated heterocycles. The quantitative estimate of drug-likeness (QED) is 0.238. The van der Waals surface area contributed by atoms with Crippen molar-refractivity contribution in [3.63, 3.8) is 0 Å². The normalized spacial score (nSPS) is 19.9. The lowest BCUT2D eigenvalue weighted by Crippen LogP contribution is -2.34. The van der Waals surface area contributed by atoms with E-state index in [1.54, 1.807) is 0 Å². The van der Waals surface area contributed by atoms with E-state index in [2.05, 4.69) is 21.3 Å². The van der Waals surface area contributed by atoms with E-state index in [4.69, 9.17) is 9.11 Å². The van der Waals surface area contributed by atoms with Gasteiger partial charge in [0.25, 0.3) is 0 Å². The molecule has 0 radical (unpaired) electrons. The summed E-state index contributed by atoms with van der Waals surface area (Å²) in [6, 6.07) is 0. The molecule has 13 heteroatoms. The first kappa shape index (κ1) is 23.0. The Balaban J connectivity index is 0.000000468. The topological polar surface area (TPSA) is 157 Å². The first-order valence-corrected chi connectivity index (χ1v) is 11.9. The van der Waals surface area contributed by atoms with Gasteiger partial charge in [0.1, 0.15) is 0 Å². The zero-order valence-electron chi connectivity index (χ0n) is 12.8. The van der Waals surface area contributed by atoms with Gasteiger partial charge in [0.2, 0.25) is 0 Å². The van der Waals surface area contributed by atoms with E-state index in [0.717, 1.165) is 52.4 Å². The highest BCUT2D eigenvalue weighted by molar-refractivity contribution is 9.02. The van der Waals surface area contributed by atoms with Crippen molar-refractivity contribution in [3.8, 4) is 0 Å². The molecule has 10 nitrogen and oxygen atoms in total. The van der Waals surface area contributed by atoms with Gasteiger partial charge in [-0.3, -0.25) is 9.11 Å². The molecular formula is C10H26N4O6S3. The van der Waals surface area contributed by atoms with Gasteiger partial charge in [0.15, 0.2) is 9.83 Å². The maximum atomic E-state index is 9.63. The molecule has 1 rings (SSSR count). The van der Waals surface area contributed by atoms with E-state index in [0.29, 0.717) is 0 Å². The molecule has 0 aromatic rings. The summed E-state index contributed by atoms with van der Waals surface area (Å²) in [6.45, 7) is 8.87. The van der Waals surface area contributed by atoms with Gasteiger partial charge >= 0.3 is 18.3 Å². The Morgan fingerprint density at radius 1 is 0.565 bits per heavy atom. The van der Waals surface area contributed by atoms with Crippen LogP contribution >= 0.6 is 9.83 Å². The lowest BCUT2D eigenvalue weighted by atomic mass is 10.3. The van der Waals surface area contributed by atoms with Crippen LogP contribution in [0.4, 0.5) is 0 Å². The van der Waals surface area contributed by atoms with Gasteiger partial charge in [-0.25, -0.2) is 0 Å². The van der Waals surface area contributed by atoms with E-state index in [-0.39, 0.29) is 0 Å². The van der Waals surface area contributed by atoms with Crippen LogP contribution in [-0.2, 0) is 18.3 Å². The van der Waals surface area contributed by atoms with Crippen LogP contribution in [0.2, 0.25) is 0 Å². The molecule has 0 atom stereocenters. The van der Waals surface area contributed by atoms with Gasteiger partial charge in [0, 0.05) is 26.2 Å². The van der Waals surface area contributed by atoms with Crippen molar-refractivity contribution in [2.45, 2.75) is 12.8 Å². The lowest BCUT2D eigenvalue weighted by Gasteiger charge is -2.10. The SMILES string of the molecule is C1CNCCNCCCNCCNC1.O=S(=O)(O)SS(=O)(=O)O. The predicted octanol–water partition coefficient (Wildman–Crippen LogP) is -1.54. The van der Waals surface area contributed by atoms with Gasteiger partial charge in [-0.05, 0) is 39.0 Å². The van der Waals surface area contributed by atoms with Gasteiger partial charge in [0.05, 0.1) is 0 Å². The minimum absolute atomic E-state index is 0.931. The number of hydrogen-bond donors (Lipinski definition) is 6. The molecule has 0 bridgehead atoms. The highest BCUT2D eigenvalue weighted by atomic mass is 33.5. The van der Waals surface area contributed by atoms with Crippen LogP contribution in [-0.4, -0.2) is 78.3 Å². The molecule has 1 aliphatic heterocycles. The number of nitrogens with one attached hydrogen (secondary N) is 4. The van der Waals surface area contributed by atoms with Crippen LogP contribution in [0.3, 0.4) is 0 Å². The van der Waals surface area contributed by atoms with Crippen molar-refractivity contribution in [3.05, 3.63) is 0 Å². The van der Waals surface area contributed by atoms with Crippen molar-refractivity contribution in [1.29, 1.82) is 0 Å². The summed E-state index contributed by atoms with van der Waals surface area (Å²) in [5.74, 6) is 0. The zero-order chi connectivity index (χ0) is 17.6. The minimum Gasteiger partial charge on any atom is -0.315 e. The fourth-order valence-electron chi connectivity index (χ4n) is 1.64. The summed E-state index contributed by atoms with van der Waals surface area (Å²) in [5, 5.41) is 13.7. The Hall–Kier alpha value is 0.01000.